The lowest BCUT2D eigenvalue weighted by atomic mass is 9.98. The second-order valence-electron chi connectivity index (χ2n) is 7.36. The number of benzene rings is 3. The van der Waals surface area contributed by atoms with Gasteiger partial charge in [0.25, 0.3) is 0 Å². The summed E-state index contributed by atoms with van der Waals surface area (Å²) < 4.78 is 28.7. The molecule has 0 radical (unpaired) electrons. The summed E-state index contributed by atoms with van der Waals surface area (Å²) in [7, 11) is -3.89. The summed E-state index contributed by atoms with van der Waals surface area (Å²) in [5.41, 5.74) is 3.04. The summed E-state index contributed by atoms with van der Waals surface area (Å²) in [6, 6.07) is 21.8. The van der Waals surface area contributed by atoms with Crippen molar-refractivity contribution in [1.29, 1.82) is 0 Å². The van der Waals surface area contributed by atoms with Crippen LogP contribution in [0.4, 0.5) is 5.69 Å². The van der Waals surface area contributed by atoms with Crippen molar-refractivity contribution in [1.82, 2.24) is 4.72 Å². The van der Waals surface area contributed by atoms with Crippen molar-refractivity contribution in [2.45, 2.75) is 31.7 Å². The summed E-state index contributed by atoms with van der Waals surface area (Å²) in [6.45, 7) is 7.78. The van der Waals surface area contributed by atoms with Crippen LogP contribution in [0.5, 0.6) is 0 Å². The zero-order valence-corrected chi connectivity index (χ0v) is 18.9. The van der Waals surface area contributed by atoms with Gasteiger partial charge in [-0.1, -0.05) is 60.2 Å². The molecule has 0 heterocycles. The third-order valence-corrected chi connectivity index (χ3v) is 6.72. The molecule has 1 N–H and O–H groups in total. The quantitative estimate of drug-likeness (QED) is 0.492. The van der Waals surface area contributed by atoms with Crippen LogP contribution in [-0.2, 0) is 10.0 Å². The van der Waals surface area contributed by atoms with E-state index in [9.17, 15) is 13.2 Å². The summed E-state index contributed by atoms with van der Waals surface area (Å²) in [5.74, 6) is -0.299. The number of aryl methyl sites for hydroxylation is 1. The van der Waals surface area contributed by atoms with Gasteiger partial charge >= 0.3 is 0 Å². The molecule has 0 bridgehead atoms. The monoisotopic (exact) mass is 436 g/mol. The predicted molar refractivity (Wildman–Crippen MR) is 125 cm³/mol. The van der Waals surface area contributed by atoms with E-state index in [1.54, 1.807) is 48.5 Å². The number of anilines is 1. The van der Waals surface area contributed by atoms with Crippen molar-refractivity contribution in [3.8, 4) is 0 Å². The maximum atomic E-state index is 13.3. The van der Waals surface area contributed by atoms with Gasteiger partial charge in [-0.3, -0.25) is 4.79 Å². The highest BCUT2D eigenvalue weighted by Crippen LogP contribution is 2.25. The molecular formula is C25H28N2O3S. The molecule has 31 heavy (non-hydrogen) atoms. The van der Waals surface area contributed by atoms with E-state index in [0.717, 1.165) is 24.3 Å². The Labute approximate surface area is 184 Å². The third-order valence-electron chi connectivity index (χ3n) is 5.28. The van der Waals surface area contributed by atoms with Crippen molar-refractivity contribution in [2.75, 3.05) is 18.0 Å². The summed E-state index contributed by atoms with van der Waals surface area (Å²) in [6.07, 6.45) is 0. The SMILES string of the molecule is CCN(CC)c1ccc([C@H](NS(=O)(=O)c2ccc(C)cc2)C(=O)c2ccccc2)cc1. The van der Waals surface area contributed by atoms with Gasteiger partial charge in [-0.25, -0.2) is 8.42 Å². The Morgan fingerprint density at radius 2 is 1.45 bits per heavy atom. The Morgan fingerprint density at radius 3 is 2.00 bits per heavy atom. The molecule has 3 rings (SSSR count). The lowest BCUT2D eigenvalue weighted by Gasteiger charge is -2.23. The average molecular weight is 437 g/mol. The molecular weight excluding hydrogens is 408 g/mol. The Hall–Kier alpha value is -2.96. The van der Waals surface area contributed by atoms with Gasteiger partial charge in [-0.2, -0.15) is 4.72 Å². The topological polar surface area (TPSA) is 66.5 Å². The Balaban J connectivity index is 1.99. The molecule has 0 saturated heterocycles. The van der Waals surface area contributed by atoms with E-state index in [4.69, 9.17) is 0 Å². The summed E-state index contributed by atoms with van der Waals surface area (Å²) >= 11 is 0. The zero-order chi connectivity index (χ0) is 22.4. The number of hydrogen-bond donors (Lipinski definition) is 1. The number of ketones is 1. The van der Waals surface area contributed by atoms with E-state index >= 15 is 0 Å². The molecule has 3 aromatic rings. The first-order valence-electron chi connectivity index (χ1n) is 10.4. The van der Waals surface area contributed by atoms with E-state index in [-0.39, 0.29) is 10.7 Å². The second kappa shape index (κ2) is 9.90. The van der Waals surface area contributed by atoms with Crippen molar-refractivity contribution in [2.24, 2.45) is 0 Å². The van der Waals surface area contributed by atoms with Crippen LogP contribution >= 0.6 is 0 Å². The molecule has 0 spiro atoms. The van der Waals surface area contributed by atoms with Gasteiger partial charge in [0.2, 0.25) is 10.0 Å². The number of hydrogen-bond acceptors (Lipinski definition) is 4. The minimum atomic E-state index is -3.89. The molecule has 0 saturated carbocycles. The van der Waals surface area contributed by atoms with Crippen LogP contribution in [0.25, 0.3) is 0 Å². The van der Waals surface area contributed by atoms with Crippen molar-refractivity contribution >= 4 is 21.5 Å². The van der Waals surface area contributed by atoms with E-state index in [2.05, 4.69) is 23.5 Å². The van der Waals surface area contributed by atoms with Gasteiger partial charge in [0.05, 0.1) is 4.90 Å². The van der Waals surface area contributed by atoms with Gasteiger partial charge in [0.15, 0.2) is 5.78 Å². The van der Waals surface area contributed by atoms with Crippen molar-refractivity contribution < 1.29 is 13.2 Å². The van der Waals surface area contributed by atoms with E-state index in [0.29, 0.717) is 11.1 Å². The molecule has 0 fully saturated rings. The fourth-order valence-electron chi connectivity index (χ4n) is 3.45. The van der Waals surface area contributed by atoms with Crippen molar-refractivity contribution in [3.05, 3.63) is 95.6 Å². The van der Waals surface area contributed by atoms with Crippen LogP contribution in [0.1, 0.15) is 41.4 Å². The standard InChI is InChI=1S/C25H28N2O3S/c1-4-27(5-2)22-15-13-20(14-16-22)24(25(28)21-9-7-6-8-10-21)26-31(29,30)23-17-11-19(3)12-18-23/h6-18,24,26H,4-5H2,1-3H3/t24-/m0/s1. The fraction of sp³-hybridized carbons (Fsp3) is 0.240. The van der Waals surface area contributed by atoms with Crippen LogP contribution in [0.15, 0.2) is 83.8 Å². The Bertz CT molecular complexity index is 1110. The molecule has 0 aliphatic heterocycles. The highest BCUT2D eigenvalue weighted by molar-refractivity contribution is 7.89. The summed E-state index contributed by atoms with van der Waals surface area (Å²) in [5, 5.41) is 0. The van der Waals surface area contributed by atoms with Crippen LogP contribution in [-0.4, -0.2) is 27.3 Å². The number of carbonyl (C=O) groups is 1. The smallest absolute Gasteiger partial charge is 0.241 e. The second-order valence-corrected chi connectivity index (χ2v) is 9.08. The first-order valence-corrected chi connectivity index (χ1v) is 11.9. The maximum Gasteiger partial charge on any atom is 0.241 e. The lowest BCUT2D eigenvalue weighted by molar-refractivity contribution is 0.0953. The van der Waals surface area contributed by atoms with Gasteiger partial charge in [-0.05, 0) is 50.6 Å². The lowest BCUT2D eigenvalue weighted by Crippen LogP contribution is -2.34. The minimum absolute atomic E-state index is 0.128. The number of nitrogens with one attached hydrogen (secondary N) is 1. The molecule has 0 amide bonds. The van der Waals surface area contributed by atoms with Gasteiger partial charge in [0, 0.05) is 24.3 Å². The van der Waals surface area contributed by atoms with Crippen molar-refractivity contribution in [3.63, 3.8) is 0 Å². The van der Waals surface area contributed by atoms with Gasteiger partial charge in [-0.15, -0.1) is 0 Å². The molecule has 0 aromatic heterocycles. The van der Waals surface area contributed by atoms with E-state index in [1.165, 1.54) is 0 Å². The molecule has 1 atom stereocenters. The largest absolute Gasteiger partial charge is 0.372 e. The molecule has 3 aromatic carbocycles. The molecule has 0 unspecified atom stereocenters. The molecule has 0 aliphatic rings. The molecule has 162 valence electrons. The minimum Gasteiger partial charge on any atom is -0.372 e. The van der Waals surface area contributed by atoms with Crippen LogP contribution in [0.2, 0.25) is 0 Å². The third kappa shape index (κ3) is 5.40. The highest BCUT2D eigenvalue weighted by atomic mass is 32.2. The van der Waals surface area contributed by atoms with Crippen LogP contribution < -0.4 is 9.62 Å². The number of Topliss-reactive ketones (excluding diaryl/α,β-unsaturated/α-hetero) is 1. The van der Waals surface area contributed by atoms with E-state index in [1.807, 2.05) is 37.3 Å². The normalized spacial score (nSPS) is 12.4. The average Bonchev–Trinajstić information content (AvgIpc) is 2.79. The van der Waals surface area contributed by atoms with Gasteiger partial charge < -0.3 is 4.90 Å². The Morgan fingerprint density at radius 1 is 0.871 bits per heavy atom. The summed E-state index contributed by atoms with van der Waals surface area (Å²) in [4.78, 5) is 15.6. The molecule has 0 aliphatic carbocycles. The van der Waals surface area contributed by atoms with Crippen LogP contribution in [0.3, 0.4) is 0 Å². The Kier molecular flexibility index (Phi) is 7.25. The number of carbonyl (C=O) groups excluding carboxylic acids is 1. The van der Waals surface area contributed by atoms with Crippen LogP contribution in [0, 0.1) is 6.92 Å². The predicted octanol–water partition coefficient (Wildman–Crippen LogP) is 4.74. The molecule has 6 heteroatoms. The number of nitrogens with zero attached hydrogens (tertiary/aromatic N) is 1. The maximum absolute atomic E-state index is 13.3. The number of sulfonamides is 1. The molecule has 5 nitrogen and oxygen atoms in total. The zero-order valence-electron chi connectivity index (χ0n) is 18.1. The van der Waals surface area contributed by atoms with E-state index < -0.39 is 16.1 Å². The fourth-order valence-corrected chi connectivity index (χ4v) is 4.63. The number of rotatable bonds is 9. The first kappa shape index (κ1) is 22.7. The van der Waals surface area contributed by atoms with Gasteiger partial charge in [0.1, 0.15) is 6.04 Å². The first-order chi connectivity index (χ1) is 14.9. The highest BCUT2D eigenvalue weighted by Gasteiger charge is 2.28.